The minimum absolute atomic E-state index is 0.126. The highest BCUT2D eigenvalue weighted by molar-refractivity contribution is 5.70. The predicted molar refractivity (Wildman–Crippen MR) is 102 cm³/mol. The number of ether oxygens (including phenoxy) is 2. The van der Waals surface area contributed by atoms with E-state index < -0.39 is 5.97 Å². The van der Waals surface area contributed by atoms with Gasteiger partial charge in [-0.1, -0.05) is 12.1 Å². The van der Waals surface area contributed by atoms with Gasteiger partial charge in [-0.15, -0.1) is 0 Å². The van der Waals surface area contributed by atoms with Gasteiger partial charge in [0.1, 0.15) is 0 Å². The molecule has 1 aliphatic rings. The molecule has 1 aromatic heterocycles. The summed E-state index contributed by atoms with van der Waals surface area (Å²) in [5.74, 6) is 0.284. The monoisotopic (exact) mass is 370 g/mol. The quantitative estimate of drug-likeness (QED) is 0.806. The van der Waals surface area contributed by atoms with Crippen LogP contribution in [0, 0.1) is 5.92 Å². The van der Waals surface area contributed by atoms with Crippen molar-refractivity contribution in [1.82, 2.24) is 9.88 Å². The van der Waals surface area contributed by atoms with Gasteiger partial charge in [0, 0.05) is 12.7 Å². The third-order valence-corrected chi connectivity index (χ3v) is 4.94. The predicted octanol–water partition coefficient (Wildman–Crippen LogP) is 3.37. The van der Waals surface area contributed by atoms with E-state index in [9.17, 15) is 9.90 Å². The first-order chi connectivity index (χ1) is 13.1. The molecule has 1 aromatic carbocycles. The molecule has 6 heteroatoms. The third kappa shape index (κ3) is 4.39. The first-order valence-electron chi connectivity index (χ1n) is 9.32. The minimum atomic E-state index is -0.732. The van der Waals surface area contributed by atoms with Crippen molar-refractivity contribution < 1.29 is 19.4 Å². The van der Waals surface area contributed by atoms with Crippen molar-refractivity contribution in [3.8, 4) is 11.5 Å². The number of piperidine rings is 1. The molecule has 6 nitrogen and oxygen atoms in total. The van der Waals surface area contributed by atoms with Gasteiger partial charge in [0.25, 0.3) is 0 Å². The SMILES string of the molecule is CCOc1cc(C(c2ccccn2)N2CCCC(C(=O)O)C2)ccc1OC. The van der Waals surface area contributed by atoms with E-state index in [1.165, 1.54) is 0 Å². The molecule has 2 aromatic rings. The molecule has 144 valence electrons. The molecule has 3 rings (SSSR count). The van der Waals surface area contributed by atoms with E-state index in [0.717, 1.165) is 24.2 Å². The average molecular weight is 370 g/mol. The van der Waals surface area contributed by atoms with Crippen molar-refractivity contribution in [2.75, 3.05) is 26.8 Å². The van der Waals surface area contributed by atoms with Crippen LogP contribution >= 0.6 is 0 Å². The first kappa shape index (κ1) is 19.2. The smallest absolute Gasteiger partial charge is 0.307 e. The van der Waals surface area contributed by atoms with Gasteiger partial charge < -0.3 is 14.6 Å². The summed E-state index contributed by atoms with van der Waals surface area (Å²) in [4.78, 5) is 18.3. The van der Waals surface area contributed by atoms with Crippen molar-refractivity contribution in [1.29, 1.82) is 0 Å². The number of benzene rings is 1. The fraction of sp³-hybridized carbons (Fsp3) is 0.429. The highest BCUT2D eigenvalue weighted by Crippen LogP contribution is 2.36. The first-order valence-corrected chi connectivity index (χ1v) is 9.32. The van der Waals surface area contributed by atoms with Crippen LogP contribution in [0.2, 0.25) is 0 Å². The van der Waals surface area contributed by atoms with Crippen molar-refractivity contribution in [3.63, 3.8) is 0 Å². The molecule has 0 saturated carbocycles. The lowest BCUT2D eigenvalue weighted by atomic mass is 9.93. The van der Waals surface area contributed by atoms with E-state index in [4.69, 9.17) is 9.47 Å². The minimum Gasteiger partial charge on any atom is -0.493 e. The molecule has 27 heavy (non-hydrogen) atoms. The maximum absolute atomic E-state index is 11.5. The summed E-state index contributed by atoms with van der Waals surface area (Å²) in [6, 6.07) is 11.6. The summed E-state index contributed by atoms with van der Waals surface area (Å²) in [5.41, 5.74) is 1.92. The number of likely N-dealkylation sites (tertiary alicyclic amines) is 1. The Morgan fingerprint density at radius 1 is 1.33 bits per heavy atom. The molecular formula is C21H26N2O4. The molecular weight excluding hydrogens is 344 g/mol. The van der Waals surface area contributed by atoms with E-state index in [0.29, 0.717) is 31.1 Å². The topological polar surface area (TPSA) is 71.9 Å². The molecule has 0 spiro atoms. The highest BCUT2D eigenvalue weighted by Gasteiger charge is 2.32. The molecule has 1 fully saturated rings. The average Bonchev–Trinajstić information content (AvgIpc) is 2.70. The number of aliphatic carboxylic acids is 1. The summed E-state index contributed by atoms with van der Waals surface area (Å²) in [7, 11) is 1.62. The second kappa shape index (κ2) is 8.86. The fourth-order valence-corrected chi connectivity index (χ4v) is 3.68. The van der Waals surface area contributed by atoms with E-state index in [1.54, 1.807) is 13.3 Å². The maximum Gasteiger partial charge on any atom is 0.307 e. The zero-order valence-electron chi connectivity index (χ0n) is 15.8. The van der Waals surface area contributed by atoms with Gasteiger partial charge in [-0.05, 0) is 56.1 Å². The summed E-state index contributed by atoms with van der Waals surface area (Å²) in [6.45, 7) is 3.82. The van der Waals surface area contributed by atoms with Crippen LogP contribution in [0.5, 0.6) is 11.5 Å². The van der Waals surface area contributed by atoms with Crippen LogP contribution in [-0.4, -0.2) is 47.8 Å². The number of methoxy groups -OCH3 is 1. The lowest BCUT2D eigenvalue weighted by molar-refractivity contribution is -0.143. The van der Waals surface area contributed by atoms with E-state index in [1.807, 2.05) is 43.3 Å². The van der Waals surface area contributed by atoms with Gasteiger partial charge in [0.2, 0.25) is 0 Å². The molecule has 1 N–H and O–H groups in total. The third-order valence-electron chi connectivity index (χ3n) is 4.94. The van der Waals surface area contributed by atoms with Crippen molar-refractivity contribution >= 4 is 5.97 Å². The highest BCUT2D eigenvalue weighted by atomic mass is 16.5. The van der Waals surface area contributed by atoms with Gasteiger partial charge in [-0.25, -0.2) is 0 Å². The lowest BCUT2D eigenvalue weighted by Crippen LogP contribution is -2.41. The Kier molecular flexibility index (Phi) is 6.29. The molecule has 2 heterocycles. The standard InChI is InChI=1S/C21H26N2O4/c1-3-27-19-13-15(9-10-18(19)26-2)20(17-8-4-5-11-22-17)23-12-6-7-16(14-23)21(24)25/h4-5,8-11,13,16,20H,3,6-7,12,14H2,1-2H3,(H,24,25). The van der Waals surface area contributed by atoms with Gasteiger partial charge in [0.05, 0.1) is 31.4 Å². The molecule has 1 aliphatic heterocycles. The number of pyridine rings is 1. The number of rotatable bonds is 7. The molecule has 0 aliphatic carbocycles. The summed E-state index contributed by atoms with van der Waals surface area (Å²) in [6.07, 6.45) is 3.34. The Morgan fingerprint density at radius 3 is 2.85 bits per heavy atom. The van der Waals surface area contributed by atoms with Crippen molar-refractivity contribution in [3.05, 3.63) is 53.9 Å². The normalized spacial score (nSPS) is 18.7. The molecule has 0 bridgehead atoms. The second-order valence-electron chi connectivity index (χ2n) is 6.67. The number of hydrogen-bond donors (Lipinski definition) is 1. The van der Waals surface area contributed by atoms with Crippen LogP contribution < -0.4 is 9.47 Å². The van der Waals surface area contributed by atoms with Crippen LogP contribution in [0.4, 0.5) is 0 Å². The lowest BCUT2D eigenvalue weighted by Gasteiger charge is -2.37. The number of carbonyl (C=O) groups is 1. The molecule has 2 unspecified atom stereocenters. The van der Waals surface area contributed by atoms with Crippen LogP contribution in [0.15, 0.2) is 42.6 Å². The van der Waals surface area contributed by atoms with Crippen molar-refractivity contribution in [2.24, 2.45) is 5.92 Å². The van der Waals surface area contributed by atoms with Crippen LogP contribution in [-0.2, 0) is 4.79 Å². The molecule has 2 atom stereocenters. The maximum atomic E-state index is 11.5. The zero-order chi connectivity index (χ0) is 19.2. The number of nitrogens with zero attached hydrogens (tertiary/aromatic N) is 2. The van der Waals surface area contributed by atoms with Crippen molar-refractivity contribution in [2.45, 2.75) is 25.8 Å². The van der Waals surface area contributed by atoms with E-state index in [2.05, 4.69) is 9.88 Å². The number of carboxylic acids is 1. The Labute approximate surface area is 159 Å². The Bertz CT molecular complexity index is 766. The van der Waals surface area contributed by atoms with Crippen LogP contribution in [0.3, 0.4) is 0 Å². The van der Waals surface area contributed by atoms with Gasteiger partial charge in [-0.2, -0.15) is 0 Å². The van der Waals surface area contributed by atoms with E-state index in [-0.39, 0.29) is 12.0 Å². The zero-order valence-corrected chi connectivity index (χ0v) is 15.8. The molecule has 0 amide bonds. The summed E-state index contributed by atoms with van der Waals surface area (Å²) >= 11 is 0. The molecule has 0 radical (unpaired) electrons. The number of aromatic nitrogens is 1. The molecule has 1 saturated heterocycles. The second-order valence-corrected chi connectivity index (χ2v) is 6.67. The van der Waals surface area contributed by atoms with Crippen LogP contribution in [0.25, 0.3) is 0 Å². The summed E-state index contributed by atoms with van der Waals surface area (Å²) < 4.78 is 11.1. The van der Waals surface area contributed by atoms with Gasteiger partial charge in [-0.3, -0.25) is 14.7 Å². The number of carboxylic acid groups (broad SMARTS) is 1. The number of hydrogen-bond acceptors (Lipinski definition) is 5. The largest absolute Gasteiger partial charge is 0.493 e. The Morgan fingerprint density at radius 2 is 2.19 bits per heavy atom. The van der Waals surface area contributed by atoms with Crippen LogP contribution in [0.1, 0.15) is 37.1 Å². The Balaban J connectivity index is 2.00. The summed E-state index contributed by atoms with van der Waals surface area (Å²) in [5, 5.41) is 9.48. The van der Waals surface area contributed by atoms with Gasteiger partial charge in [0.15, 0.2) is 11.5 Å². The fourth-order valence-electron chi connectivity index (χ4n) is 3.68. The van der Waals surface area contributed by atoms with Gasteiger partial charge >= 0.3 is 5.97 Å². The Hall–Kier alpha value is -2.60. The van der Waals surface area contributed by atoms with E-state index >= 15 is 0 Å².